The van der Waals surface area contributed by atoms with Crippen LogP contribution >= 0.6 is 0 Å². The third-order valence-corrected chi connectivity index (χ3v) is 5.50. The molecule has 7 heteroatoms. The summed E-state index contributed by atoms with van der Waals surface area (Å²) in [4.78, 5) is 27.5. The fraction of sp³-hybridized carbons (Fsp3) is 0.385. The summed E-state index contributed by atoms with van der Waals surface area (Å²) >= 11 is 0. The van der Waals surface area contributed by atoms with E-state index in [-0.39, 0.29) is 30.6 Å². The normalized spacial score (nSPS) is 17.6. The molecule has 0 aliphatic carbocycles. The van der Waals surface area contributed by atoms with Crippen LogP contribution in [0.25, 0.3) is 5.76 Å². The first-order valence-corrected chi connectivity index (χ1v) is 11.1. The molecule has 3 rings (SSSR count). The lowest BCUT2D eigenvalue weighted by Gasteiger charge is -2.26. The second-order valence-corrected chi connectivity index (χ2v) is 8.10. The van der Waals surface area contributed by atoms with Crippen LogP contribution in [0.5, 0.6) is 11.5 Å². The maximum absolute atomic E-state index is 13.1. The molecule has 1 amide bonds. The fourth-order valence-corrected chi connectivity index (χ4v) is 3.90. The molecule has 1 aliphatic rings. The first-order chi connectivity index (χ1) is 15.8. The van der Waals surface area contributed by atoms with Crippen molar-refractivity contribution >= 4 is 17.4 Å². The SMILES string of the molecule is CCOc1ccc(/C(O)=C2/C(=O)C(=O)N(CCOC(C)C)C2c2ccc(OC)cc2)cc1C. The fourth-order valence-electron chi connectivity index (χ4n) is 3.90. The Balaban J connectivity index is 2.08. The first kappa shape index (κ1) is 24.3. The minimum Gasteiger partial charge on any atom is -0.507 e. The van der Waals surface area contributed by atoms with Gasteiger partial charge in [-0.2, -0.15) is 0 Å². The largest absolute Gasteiger partial charge is 0.507 e. The smallest absolute Gasteiger partial charge is 0.295 e. The zero-order valence-electron chi connectivity index (χ0n) is 19.8. The summed E-state index contributed by atoms with van der Waals surface area (Å²) in [6.45, 7) is 8.59. The van der Waals surface area contributed by atoms with Crippen molar-refractivity contribution in [1.29, 1.82) is 0 Å². The summed E-state index contributed by atoms with van der Waals surface area (Å²) in [6.07, 6.45) is -0.00640. The number of hydrogen-bond acceptors (Lipinski definition) is 6. The standard InChI is InChI=1S/C26H31NO6/c1-6-32-21-12-9-19(15-17(21)4)24(28)22-23(18-7-10-20(31-5)11-8-18)27(26(30)25(22)29)13-14-33-16(2)3/h7-12,15-16,23,28H,6,13-14H2,1-5H3/b24-22-. The molecule has 1 saturated heterocycles. The second-order valence-electron chi connectivity index (χ2n) is 8.10. The number of rotatable bonds is 9. The number of amides is 1. The summed E-state index contributed by atoms with van der Waals surface area (Å²) in [7, 11) is 1.57. The number of methoxy groups -OCH3 is 1. The number of ether oxygens (including phenoxy) is 3. The van der Waals surface area contributed by atoms with E-state index < -0.39 is 17.7 Å². The van der Waals surface area contributed by atoms with Crippen LogP contribution in [0.1, 0.15) is 43.5 Å². The van der Waals surface area contributed by atoms with Crippen LogP contribution in [-0.2, 0) is 14.3 Å². The van der Waals surface area contributed by atoms with Crippen LogP contribution in [0.2, 0.25) is 0 Å². The molecule has 1 heterocycles. The van der Waals surface area contributed by atoms with Crippen LogP contribution in [0, 0.1) is 6.92 Å². The average molecular weight is 454 g/mol. The number of nitrogens with zero attached hydrogens (tertiary/aromatic N) is 1. The summed E-state index contributed by atoms with van der Waals surface area (Å²) in [5, 5.41) is 11.2. The third kappa shape index (κ3) is 5.20. The quantitative estimate of drug-likeness (QED) is 0.347. The molecule has 0 radical (unpaired) electrons. The summed E-state index contributed by atoms with van der Waals surface area (Å²) in [5.74, 6) is -0.239. The molecule has 1 unspecified atom stereocenters. The van der Waals surface area contributed by atoms with E-state index in [2.05, 4.69) is 0 Å². The van der Waals surface area contributed by atoms with Crippen molar-refractivity contribution in [2.45, 2.75) is 39.8 Å². The molecule has 1 fully saturated rings. The Kier molecular flexibility index (Phi) is 7.76. The Morgan fingerprint density at radius 2 is 1.82 bits per heavy atom. The topological polar surface area (TPSA) is 85.3 Å². The Labute approximate surface area is 194 Å². The second kappa shape index (κ2) is 10.5. The molecule has 1 atom stereocenters. The highest BCUT2D eigenvalue weighted by atomic mass is 16.5. The zero-order chi connectivity index (χ0) is 24.1. The number of aliphatic hydroxyl groups excluding tert-OH is 1. The molecule has 176 valence electrons. The number of aliphatic hydroxyl groups is 1. The van der Waals surface area contributed by atoms with Crippen molar-refractivity contribution in [2.75, 3.05) is 26.9 Å². The third-order valence-electron chi connectivity index (χ3n) is 5.50. The Morgan fingerprint density at radius 3 is 2.39 bits per heavy atom. The van der Waals surface area contributed by atoms with Gasteiger partial charge in [0, 0.05) is 12.1 Å². The number of hydrogen-bond donors (Lipinski definition) is 1. The maximum atomic E-state index is 13.1. The molecule has 1 aliphatic heterocycles. The van der Waals surface area contributed by atoms with Crippen molar-refractivity contribution in [3.05, 3.63) is 64.7 Å². The Bertz CT molecular complexity index is 1040. The molecule has 0 saturated carbocycles. The van der Waals surface area contributed by atoms with Gasteiger partial charge in [0.05, 0.1) is 38.0 Å². The monoisotopic (exact) mass is 453 g/mol. The van der Waals surface area contributed by atoms with Gasteiger partial charge in [-0.3, -0.25) is 9.59 Å². The van der Waals surface area contributed by atoms with Crippen LogP contribution in [-0.4, -0.2) is 54.7 Å². The van der Waals surface area contributed by atoms with Gasteiger partial charge in [-0.25, -0.2) is 0 Å². The van der Waals surface area contributed by atoms with E-state index in [1.807, 2.05) is 27.7 Å². The van der Waals surface area contributed by atoms with Gasteiger partial charge in [-0.15, -0.1) is 0 Å². The number of Topliss-reactive ketones (excluding diaryl/α,β-unsaturated/α-hetero) is 1. The zero-order valence-corrected chi connectivity index (χ0v) is 19.8. The molecular weight excluding hydrogens is 422 g/mol. The Hall–Kier alpha value is -3.32. The molecule has 2 aromatic rings. The maximum Gasteiger partial charge on any atom is 0.295 e. The summed E-state index contributed by atoms with van der Waals surface area (Å²) in [5.41, 5.74) is 2.02. The minimum atomic E-state index is -0.737. The van der Waals surface area contributed by atoms with E-state index in [0.29, 0.717) is 29.2 Å². The van der Waals surface area contributed by atoms with E-state index >= 15 is 0 Å². The summed E-state index contributed by atoms with van der Waals surface area (Å²) < 4.78 is 16.4. The Morgan fingerprint density at radius 1 is 1.12 bits per heavy atom. The molecule has 1 N–H and O–H groups in total. The number of aryl methyl sites for hydroxylation is 1. The van der Waals surface area contributed by atoms with Gasteiger partial charge in [0.2, 0.25) is 0 Å². The van der Waals surface area contributed by atoms with Gasteiger partial charge >= 0.3 is 0 Å². The molecule has 0 spiro atoms. The number of carbonyl (C=O) groups excluding carboxylic acids is 2. The van der Waals surface area contributed by atoms with Crippen molar-refractivity contribution in [1.82, 2.24) is 4.90 Å². The van der Waals surface area contributed by atoms with E-state index in [1.165, 1.54) is 4.90 Å². The number of benzene rings is 2. The molecular formula is C26H31NO6. The van der Waals surface area contributed by atoms with E-state index in [0.717, 1.165) is 5.56 Å². The summed E-state index contributed by atoms with van der Waals surface area (Å²) in [6, 6.07) is 11.6. The van der Waals surface area contributed by atoms with Gasteiger partial charge < -0.3 is 24.2 Å². The molecule has 0 bridgehead atoms. The van der Waals surface area contributed by atoms with Crippen molar-refractivity contribution in [3.63, 3.8) is 0 Å². The van der Waals surface area contributed by atoms with E-state index in [1.54, 1.807) is 49.6 Å². The van der Waals surface area contributed by atoms with Gasteiger partial charge in [0.15, 0.2) is 0 Å². The first-order valence-electron chi connectivity index (χ1n) is 11.1. The minimum absolute atomic E-state index is 0.00640. The van der Waals surface area contributed by atoms with Crippen LogP contribution in [0.4, 0.5) is 0 Å². The van der Waals surface area contributed by atoms with Crippen molar-refractivity contribution in [2.24, 2.45) is 0 Å². The van der Waals surface area contributed by atoms with E-state index in [9.17, 15) is 14.7 Å². The van der Waals surface area contributed by atoms with Crippen LogP contribution in [0.3, 0.4) is 0 Å². The molecule has 7 nitrogen and oxygen atoms in total. The number of ketones is 1. The van der Waals surface area contributed by atoms with E-state index in [4.69, 9.17) is 14.2 Å². The van der Waals surface area contributed by atoms with Crippen LogP contribution in [0.15, 0.2) is 48.0 Å². The highest BCUT2D eigenvalue weighted by Crippen LogP contribution is 2.40. The van der Waals surface area contributed by atoms with Gasteiger partial charge in [-0.05, 0) is 69.2 Å². The lowest BCUT2D eigenvalue weighted by molar-refractivity contribution is -0.140. The van der Waals surface area contributed by atoms with Gasteiger partial charge in [0.25, 0.3) is 11.7 Å². The van der Waals surface area contributed by atoms with Crippen molar-refractivity contribution < 1.29 is 28.9 Å². The predicted molar refractivity (Wildman–Crippen MR) is 125 cm³/mol. The molecule has 33 heavy (non-hydrogen) atoms. The average Bonchev–Trinajstić information content (AvgIpc) is 3.05. The highest BCUT2D eigenvalue weighted by Gasteiger charge is 2.45. The van der Waals surface area contributed by atoms with Crippen LogP contribution < -0.4 is 9.47 Å². The number of carbonyl (C=O) groups is 2. The molecule has 0 aromatic heterocycles. The van der Waals surface area contributed by atoms with Gasteiger partial charge in [0.1, 0.15) is 17.3 Å². The number of likely N-dealkylation sites (tertiary alicyclic amines) is 1. The molecule has 2 aromatic carbocycles. The lowest BCUT2D eigenvalue weighted by Crippen LogP contribution is -2.33. The van der Waals surface area contributed by atoms with Gasteiger partial charge in [-0.1, -0.05) is 12.1 Å². The van der Waals surface area contributed by atoms with Crippen molar-refractivity contribution in [3.8, 4) is 11.5 Å². The predicted octanol–water partition coefficient (Wildman–Crippen LogP) is 4.25. The lowest BCUT2D eigenvalue weighted by atomic mass is 9.94. The highest BCUT2D eigenvalue weighted by molar-refractivity contribution is 6.46.